The Bertz CT molecular complexity index is 1010. The smallest absolute Gasteiger partial charge is 0.154 e. The second-order valence-corrected chi connectivity index (χ2v) is 8.15. The number of hydrogen-bond acceptors (Lipinski definition) is 5. The summed E-state index contributed by atoms with van der Waals surface area (Å²) in [6.07, 6.45) is 5.05. The van der Waals surface area contributed by atoms with Crippen molar-refractivity contribution in [1.82, 2.24) is 14.9 Å². The molecule has 0 fully saturated rings. The van der Waals surface area contributed by atoms with E-state index in [-0.39, 0.29) is 0 Å². The summed E-state index contributed by atoms with van der Waals surface area (Å²) in [5, 5.41) is 5.17. The third-order valence-electron chi connectivity index (χ3n) is 5.35. The van der Waals surface area contributed by atoms with Crippen LogP contribution in [0.3, 0.4) is 0 Å². The Morgan fingerprint density at radius 3 is 2.39 bits per heavy atom. The van der Waals surface area contributed by atoms with Gasteiger partial charge in [-0.15, -0.1) is 0 Å². The average Bonchev–Trinajstić information content (AvgIpc) is 2.77. The highest BCUT2D eigenvalue weighted by Crippen LogP contribution is 2.24. The lowest BCUT2D eigenvalue weighted by molar-refractivity contribution is 0.303. The number of halogens is 1. The van der Waals surface area contributed by atoms with Gasteiger partial charge < -0.3 is 15.1 Å². The molecule has 0 saturated heterocycles. The van der Waals surface area contributed by atoms with Crippen LogP contribution in [0.2, 0.25) is 5.02 Å². The first-order valence-corrected chi connectivity index (χ1v) is 11.3. The van der Waals surface area contributed by atoms with E-state index in [0.29, 0.717) is 10.8 Å². The van der Waals surface area contributed by atoms with Gasteiger partial charge in [-0.25, -0.2) is 9.97 Å². The summed E-state index contributed by atoms with van der Waals surface area (Å²) in [5.41, 5.74) is 3.12. The molecular formula is C25H32ClN5. The predicted octanol–water partition coefficient (Wildman–Crippen LogP) is 5.66. The van der Waals surface area contributed by atoms with Crippen LogP contribution in [0, 0.1) is 0 Å². The molecule has 0 bridgehead atoms. The van der Waals surface area contributed by atoms with Crippen LogP contribution in [0.5, 0.6) is 0 Å². The van der Waals surface area contributed by atoms with Crippen LogP contribution in [0.25, 0.3) is 23.1 Å². The molecule has 1 N–H and O–H groups in total. The van der Waals surface area contributed by atoms with E-state index >= 15 is 0 Å². The van der Waals surface area contributed by atoms with Crippen molar-refractivity contribution >= 4 is 46.2 Å². The zero-order chi connectivity index (χ0) is 22.2. The molecule has 0 amide bonds. The molecule has 0 unspecified atom stereocenters. The Morgan fingerprint density at radius 1 is 0.968 bits per heavy atom. The Kier molecular flexibility index (Phi) is 8.27. The fraction of sp³-hybridized carbons (Fsp3) is 0.360. The summed E-state index contributed by atoms with van der Waals surface area (Å²) < 4.78 is 0. The van der Waals surface area contributed by atoms with Crippen LogP contribution < -0.4 is 10.2 Å². The number of aromatic nitrogens is 2. The van der Waals surface area contributed by atoms with Crippen LogP contribution in [0.4, 0.5) is 11.5 Å². The lowest BCUT2D eigenvalue weighted by Crippen LogP contribution is -2.25. The van der Waals surface area contributed by atoms with Crippen molar-refractivity contribution in [2.75, 3.05) is 50.5 Å². The van der Waals surface area contributed by atoms with E-state index in [9.17, 15) is 0 Å². The molecule has 1 heterocycles. The van der Waals surface area contributed by atoms with Crippen LogP contribution in [-0.2, 0) is 0 Å². The lowest BCUT2D eigenvalue weighted by Gasteiger charge is -2.18. The molecule has 3 rings (SSSR count). The van der Waals surface area contributed by atoms with Crippen molar-refractivity contribution in [2.24, 2.45) is 0 Å². The van der Waals surface area contributed by atoms with Crippen LogP contribution in [0.15, 0.2) is 42.5 Å². The van der Waals surface area contributed by atoms with E-state index in [2.05, 4.69) is 53.2 Å². The Balaban J connectivity index is 1.79. The fourth-order valence-electron chi connectivity index (χ4n) is 3.43. The van der Waals surface area contributed by atoms with Crippen LogP contribution in [0.1, 0.15) is 31.7 Å². The van der Waals surface area contributed by atoms with Crippen molar-refractivity contribution in [1.29, 1.82) is 0 Å². The molecule has 31 heavy (non-hydrogen) atoms. The highest BCUT2D eigenvalue weighted by Gasteiger charge is 2.08. The molecule has 3 aromatic rings. The molecule has 0 radical (unpaired) electrons. The minimum atomic E-state index is 0.665. The number of benzene rings is 2. The molecule has 6 heteroatoms. The van der Waals surface area contributed by atoms with Gasteiger partial charge in [0.2, 0.25) is 0 Å². The van der Waals surface area contributed by atoms with Crippen LogP contribution in [-0.4, -0.2) is 55.1 Å². The van der Waals surface area contributed by atoms with Gasteiger partial charge in [-0.1, -0.05) is 43.7 Å². The third-order valence-corrected chi connectivity index (χ3v) is 5.58. The van der Waals surface area contributed by atoms with Crippen molar-refractivity contribution in [3.05, 3.63) is 58.9 Å². The van der Waals surface area contributed by atoms with Gasteiger partial charge in [0, 0.05) is 36.7 Å². The third kappa shape index (κ3) is 6.42. The SMILES string of the molecule is CCN(CC)CCCNc1nc(/C=C/c2ccc(N(C)C)cc2)nc2cc(Cl)ccc12. The highest BCUT2D eigenvalue weighted by molar-refractivity contribution is 6.31. The molecule has 0 aliphatic heterocycles. The van der Waals surface area contributed by atoms with Gasteiger partial charge in [0.25, 0.3) is 0 Å². The zero-order valence-corrected chi connectivity index (χ0v) is 19.7. The largest absolute Gasteiger partial charge is 0.378 e. The molecule has 0 atom stereocenters. The van der Waals surface area contributed by atoms with Crippen molar-refractivity contribution in [3.63, 3.8) is 0 Å². The summed E-state index contributed by atoms with van der Waals surface area (Å²) in [6, 6.07) is 14.1. The van der Waals surface area contributed by atoms with Crippen molar-refractivity contribution in [3.8, 4) is 0 Å². The molecule has 0 aliphatic carbocycles. The van der Waals surface area contributed by atoms with Gasteiger partial charge in [-0.3, -0.25) is 0 Å². The van der Waals surface area contributed by atoms with E-state index in [1.54, 1.807) is 0 Å². The van der Waals surface area contributed by atoms with Gasteiger partial charge in [-0.2, -0.15) is 0 Å². The second-order valence-electron chi connectivity index (χ2n) is 7.72. The standard InChI is InChI=1S/C25H32ClN5/c1-5-31(6-2)17-7-16-27-25-22-14-11-20(26)18-23(22)28-24(29-25)15-10-19-8-12-21(13-9-19)30(3)4/h8-15,18H,5-7,16-17H2,1-4H3,(H,27,28,29)/b15-10+. The quantitative estimate of drug-likeness (QED) is 0.414. The molecule has 2 aromatic carbocycles. The average molecular weight is 438 g/mol. The molecule has 5 nitrogen and oxygen atoms in total. The molecular weight excluding hydrogens is 406 g/mol. The Hall–Kier alpha value is -2.63. The molecule has 1 aromatic heterocycles. The Labute approximate surface area is 190 Å². The monoisotopic (exact) mass is 437 g/mol. The number of nitrogens with one attached hydrogen (secondary N) is 1. The second kappa shape index (κ2) is 11.1. The Morgan fingerprint density at radius 2 is 1.71 bits per heavy atom. The molecule has 164 valence electrons. The minimum absolute atomic E-state index is 0.665. The summed E-state index contributed by atoms with van der Waals surface area (Å²) in [7, 11) is 4.07. The summed E-state index contributed by atoms with van der Waals surface area (Å²) >= 11 is 6.22. The summed E-state index contributed by atoms with van der Waals surface area (Å²) in [4.78, 5) is 14.0. The fourth-order valence-corrected chi connectivity index (χ4v) is 3.60. The number of hydrogen-bond donors (Lipinski definition) is 1. The maximum atomic E-state index is 6.22. The van der Waals surface area contributed by atoms with Crippen molar-refractivity contribution < 1.29 is 0 Å². The summed E-state index contributed by atoms with van der Waals surface area (Å²) in [5.74, 6) is 1.52. The maximum Gasteiger partial charge on any atom is 0.154 e. The number of nitrogens with zero attached hydrogens (tertiary/aromatic N) is 4. The number of rotatable bonds is 10. The summed E-state index contributed by atoms with van der Waals surface area (Å²) in [6.45, 7) is 8.49. The van der Waals surface area contributed by atoms with E-state index in [4.69, 9.17) is 21.6 Å². The minimum Gasteiger partial charge on any atom is -0.378 e. The van der Waals surface area contributed by atoms with E-state index in [0.717, 1.165) is 54.9 Å². The van der Waals surface area contributed by atoms with Gasteiger partial charge >= 0.3 is 0 Å². The van der Waals surface area contributed by atoms with E-state index in [1.165, 1.54) is 5.69 Å². The molecule has 0 saturated carbocycles. The number of fused-ring (bicyclic) bond motifs is 1. The van der Waals surface area contributed by atoms with E-state index < -0.39 is 0 Å². The molecule has 0 spiro atoms. The highest BCUT2D eigenvalue weighted by atomic mass is 35.5. The van der Waals surface area contributed by atoms with Gasteiger partial charge in [-0.05, 0) is 68.0 Å². The lowest BCUT2D eigenvalue weighted by atomic mass is 10.2. The zero-order valence-electron chi connectivity index (χ0n) is 18.9. The van der Waals surface area contributed by atoms with Gasteiger partial charge in [0.05, 0.1) is 5.52 Å². The van der Waals surface area contributed by atoms with Gasteiger partial charge in [0.1, 0.15) is 5.82 Å². The normalized spacial score (nSPS) is 11.5. The van der Waals surface area contributed by atoms with Gasteiger partial charge in [0.15, 0.2) is 5.82 Å². The first kappa shape index (κ1) is 23.0. The topological polar surface area (TPSA) is 44.3 Å². The maximum absolute atomic E-state index is 6.22. The van der Waals surface area contributed by atoms with E-state index in [1.807, 2.05) is 44.4 Å². The predicted molar refractivity (Wildman–Crippen MR) is 135 cm³/mol. The number of anilines is 2. The molecule has 0 aliphatic rings. The first-order chi connectivity index (χ1) is 15.0. The first-order valence-electron chi connectivity index (χ1n) is 10.9. The van der Waals surface area contributed by atoms with Crippen LogP contribution >= 0.6 is 11.6 Å². The van der Waals surface area contributed by atoms with Crippen molar-refractivity contribution in [2.45, 2.75) is 20.3 Å².